The van der Waals surface area contributed by atoms with Gasteiger partial charge >= 0.3 is 11.9 Å². The minimum Gasteiger partial charge on any atom is -0.497 e. The summed E-state index contributed by atoms with van der Waals surface area (Å²) in [6.45, 7) is 5.80. The van der Waals surface area contributed by atoms with Crippen molar-refractivity contribution in [3.05, 3.63) is 53.6 Å². The van der Waals surface area contributed by atoms with Crippen molar-refractivity contribution < 1.29 is 28.6 Å². The predicted molar refractivity (Wildman–Crippen MR) is 135 cm³/mol. The molecule has 8 nitrogen and oxygen atoms in total. The number of amides is 1. The number of rotatable bonds is 8. The quantitative estimate of drug-likeness (QED) is 0.504. The van der Waals surface area contributed by atoms with E-state index in [1.807, 2.05) is 49.3 Å². The van der Waals surface area contributed by atoms with Crippen LogP contribution in [0.4, 0.5) is 5.69 Å². The van der Waals surface area contributed by atoms with Gasteiger partial charge in [-0.1, -0.05) is 12.1 Å². The van der Waals surface area contributed by atoms with Crippen LogP contribution in [0.5, 0.6) is 5.75 Å². The van der Waals surface area contributed by atoms with Gasteiger partial charge in [0.05, 0.1) is 29.7 Å². The Morgan fingerprint density at radius 3 is 2.37 bits per heavy atom. The molecule has 0 fully saturated rings. The number of hydrogen-bond donors (Lipinski definition) is 0. The molecule has 0 radical (unpaired) electrons. The second-order valence-electron chi connectivity index (χ2n) is 8.77. The zero-order valence-electron chi connectivity index (χ0n) is 20.9. The molecule has 2 aromatic carbocycles. The second kappa shape index (κ2) is 11.6. The lowest BCUT2D eigenvalue weighted by molar-refractivity contribution is -0.152. The highest BCUT2D eigenvalue weighted by Crippen LogP contribution is 2.47. The van der Waals surface area contributed by atoms with Gasteiger partial charge in [0, 0.05) is 24.9 Å². The van der Waals surface area contributed by atoms with Crippen molar-refractivity contribution in [3.8, 4) is 5.75 Å². The Morgan fingerprint density at radius 2 is 1.80 bits per heavy atom. The zero-order chi connectivity index (χ0) is 25.7. The number of methoxy groups -OCH3 is 1. The van der Waals surface area contributed by atoms with Crippen LogP contribution in [0.1, 0.15) is 41.9 Å². The molecule has 0 bridgehead atoms. The van der Waals surface area contributed by atoms with E-state index in [4.69, 9.17) is 14.2 Å². The van der Waals surface area contributed by atoms with Gasteiger partial charge in [0.25, 0.3) is 5.91 Å². The van der Waals surface area contributed by atoms with Gasteiger partial charge in [-0.2, -0.15) is 0 Å². The second-order valence-corrected chi connectivity index (χ2v) is 9.95. The third-order valence-electron chi connectivity index (χ3n) is 5.37. The first-order valence-corrected chi connectivity index (χ1v) is 12.3. The number of nitrogens with zero attached hydrogens (tertiary/aromatic N) is 2. The minimum atomic E-state index is -1.05. The van der Waals surface area contributed by atoms with Crippen molar-refractivity contribution in [2.45, 2.75) is 43.1 Å². The standard InChI is InChI=1S/C26H32N2O6S/c1-16(2)33-26(31)19-9-12-22-21(15-19)28(14-13-27(4)5)25(30)23(34-17(3)29)24(35-22)18-7-10-20(32-6)11-8-18/h7-12,15-16,23-24H,13-14H2,1-6H3. The summed E-state index contributed by atoms with van der Waals surface area (Å²) in [6.07, 6.45) is -1.32. The van der Waals surface area contributed by atoms with E-state index in [2.05, 4.69) is 0 Å². The average molecular weight is 501 g/mol. The summed E-state index contributed by atoms with van der Waals surface area (Å²) < 4.78 is 16.3. The fourth-order valence-corrected chi connectivity index (χ4v) is 4.99. The first kappa shape index (κ1) is 26.6. The summed E-state index contributed by atoms with van der Waals surface area (Å²) in [6, 6.07) is 12.6. The Balaban J connectivity index is 2.12. The van der Waals surface area contributed by atoms with Crippen LogP contribution in [0.2, 0.25) is 0 Å². The molecule has 2 unspecified atom stereocenters. The number of carbonyl (C=O) groups is 3. The van der Waals surface area contributed by atoms with Crippen LogP contribution in [0.15, 0.2) is 47.4 Å². The Bertz CT molecular complexity index is 1070. The van der Waals surface area contributed by atoms with E-state index in [1.165, 1.54) is 18.7 Å². The van der Waals surface area contributed by atoms with Crippen molar-refractivity contribution in [1.82, 2.24) is 4.90 Å². The lowest BCUT2D eigenvalue weighted by Crippen LogP contribution is -2.45. The SMILES string of the molecule is COc1ccc(C2Sc3ccc(C(=O)OC(C)C)cc3N(CCN(C)C)C(=O)C2OC(C)=O)cc1. The molecule has 0 aromatic heterocycles. The number of carbonyl (C=O) groups excluding carboxylic acids is 3. The third-order valence-corrected chi connectivity index (χ3v) is 6.75. The van der Waals surface area contributed by atoms with Crippen LogP contribution >= 0.6 is 11.8 Å². The molecule has 0 saturated heterocycles. The molecule has 2 aromatic rings. The summed E-state index contributed by atoms with van der Waals surface area (Å²) in [4.78, 5) is 42.9. The van der Waals surface area contributed by atoms with E-state index in [0.29, 0.717) is 30.1 Å². The Morgan fingerprint density at radius 1 is 1.11 bits per heavy atom. The molecule has 1 aliphatic heterocycles. The monoisotopic (exact) mass is 500 g/mol. The van der Waals surface area contributed by atoms with Gasteiger partial charge in [0.1, 0.15) is 5.75 Å². The Labute approximate surface area is 210 Å². The van der Waals surface area contributed by atoms with Gasteiger partial charge in [-0.3, -0.25) is 9.59 Å². The zero-order valence-corrected chi connectivity index (χ0v) is 21.8. The maximum atomic E-state index is 13.9. The van der Waals surface area contributed by atoms with Gasteiger partial charge in [-0.25, -0.2) is 4.79 Å². The molecular formula is C26H32N2O6S. The largest absolute Gasteiger partial charge is 0.497 e. The summed E-state index contributed by atoms with van der Waals surface area (Å²) >= 11 is 1.42. The highest BCUT2D eigenvalue weighted by atomic mass is 32.2. The molecule has 1 amide bonds. The van der Waals surface area contributed by atoms with E-state index in [1.54, 1.807) is 38.0 Å². The number of anilines is 1. The molecule has 0 saturated carbocycles. The fourth-order valence-electron chi connectivity index (χ4n) is 3.70. The Hall–Kier alpha value is -3.04. The average Bonchev–Trinajstić information content (AvgIpc) is 2.91. The molecule has 0 spiro atoms. The normalized spacial score (nSPS) is 17.7. The van der Waals surface area contributed by atoms with Gasteiger partial charge in [-0.15, -0.1) is 11.8 Å². The number of benzene rings is 2. The van der Waals surface area contributed by atoms with Crippen molar-refractivity contribution >= 4 is 35.3 Å². The van der Waals surface area contributed by atoms with Gasteiger partial charge in [0.2, 0.25) is 0 Å². The molecule has 1 heterocycles. The lowest BCUT2D eigenvalue weighted by Gasteiger charge is -2.28. The van der Waals surface area contributed by atoms with E-state index < -0.39 is 23.3 Å². The molecule has 35 heavy (non-hydrogen) atoms. The van der Waals surface area contributed by atoms with Crippen LogP contribution < -0.4 is 9.64 Å². The number of likely N-dealkylation sites (N-methyl/N-ethyl adjacent to an activating group) is 1. The molecule has 1 aliphatic rings. The Kier molecular flexibility index (Phi) is 8.80. The van der Waals surface area contributed by atoms with E-state index >= 15 is 0 Å². The summed E-state index contributed by atoms with van der Waals surface area (Å²) in [7, 11) is 5.41. The number of thioether (sulfide) groups is 1. The number of esters is 2. The van der Waals surface area contributed by atoms with Crippen LogP contribution in [-0.4, -0.2) is 69.2 Å². The number of ether oxygens (including phenoxy) is 3. The molecule has 0 aliphatic carbocycles. The molecule has 2 atom stereocenters. The highest BCUT2D eigenvalue weighted by Gasteiger charge is 2.41. The first-order valence-electron chi connectivity index (χ1n) is 11.4. The van der Waals surface area contributed by atoms with Gasteiger partial charge < -0.3 is 24.0 Å². The molecule has 0 N–H and O–H groups in total. The highest BCUT2D eigenvalue weighted by molar-refractivity contribution is 7.99. The van der Waals surface area contributed by atoms with Crippen LogP contribution in [-0.2, 0) is 19.1 Å². The van der Waals surface area contributed by atoms with E-state index in [0.717, 1.165) is 10.5 Å². The summed E-state index contributed by atoms with van der Waals surface area (Å²) in [5.74, 6) is -0.657. The molecule has 9 heteroatoms. The molecular weight excluding hydrogens is 468 g/mol. The minimum absolute atomic E-state index is 0.269. The predicted octanol–water partition coefficient (Wildman–Crippen LogP) is 3.93. The molecule has 188 valence electrons. The van der Waals surface area contributed by atoms with E-state index in [-0.39, 0.29) is 12.0 Å². The van der Waals surface area contributed by atoms with Crippen LogP contribution in [0.25, 0.3) is 0 Å². The summed E-state index contributed by atoms with van der Waals surface area (Å²) in [5, 5.41) is -0.492. The van der Waals surface area contributed by atoms with Gasteiger partial charge in [0.15, 0.2) is 6.10 Å². The van der Waals surface area contributed by atoms with Crippen molar-refractivity contribution in [3.63, 3.8) is 0 Å². The van der Waals surface area contributed by atoms with Gasteiger partial charge in [-0.05, 0) is 63.8 Å². The lowest BCUT2D eigenvalue weighted by atomic mass is 10.1. The topological polar surface area (TPSA) is 85.4 Å². The fraction of sp³-hybridized carbons (Fsp3) is 0.423. The third kappa shape index (κ3) is 6.55. The maximum Gasteiger partial charge on any atom is 0.338 e. The number of fused-ring (bicyclic) bond motifs is 1. The number of hydrogen-bond acceptors (Lipinski definition) is 8. The summed E-state index contributed by atoms with van der Waals surface area (Å²) in [5.41, 5.74) is 1.76. The van der Waals surface area contributed by atoms with Crippen molar-refractivity contribution in [2.24, 2.45) is 0 Å². The maximum absolute atomic E-state index is 13.9. The first-order chi connectivity index (χ1) is 16.6. The van der Waals surface area contributed by atoms with Crippen LogP contribution in [0, 0.1) is 0 Å². The molecule has 3 rings (SSSR count). The van der Waals surface area contributed by atoms with Crippen molar-refractivity contribution in [1.29, 1.82) is 0 Å². The van der Waals surface area contributed by atoms with Crippen LogP contribution in [0.3, 0.4) is 0 Å². The van der Waals surface area contributed by atoms with E-state index in [9.17, 15) is 14.4 Å². The smallest absolute Gasteiger partial charge is 0.338 e. The van der Waals surface area contributed by atoms with Crippen molar-refractivity contribution in [2.75, 3.05) is 39.2 Å².